The maximum atomic E-state index is 13.7. The van der Waals surface area contributed by atoms with Gasteiger partial charge in [-0.1, -0.05) is 25.0 Å². The van der Waals surface area contributed by atoms with Crippen molar-refractivity contribution in [3.05, 3.63) is 59.7 Å². The minimum atomic E-state index is -0.552. The molecule has 9 nitrogen and oxygen atoms in total. The Morgan fingerprint density at radius 1 is 0.930 bits per heavy atom. The number of amides is 3. The molecule has 3 aliphatic heterocycles. The molecule has 0 saturated carbocycles. The highest BCUT2D eigenvalue weighted by atomic mass is 16.5. The van der Waals surface area contributed by atoms with Crippen molar-refractivity contribution in [1.82, 2.24) is 20.4 Å². The second kappa shape index (κ2) is 14.7. The molecule has 1 spiro atoms. The summed E-state index contributed by atoms with van der Waals surface area (Å²) in [6.07, 6.45) is 7.36. The number of likely N-dealkylation sites (tertiary alicyclic amines) is 2. The molecule has 5 rings (SSSR count). The van der Waals surface area contributed by atoms with Gasteiger partial charge in [-0.25, -0.2) is 0 Å². The molecule has 2 aromatic rings. The average Bonchev–Trinajstić information content (AvgIpc) is 3.04. The van der Waals surface area contributed by atoms with Gasteiger partial charge >= 0.3 is 0 Å². The van der Waals surface area contributed by atoms with Crippen LogP contribution in [0.5, 0.6) is 11.5 Å². The highest BCUT2D eigenvalue weighted by Gasteiger charge is 2.42. The summed E-state index contributed by atoms with van der Waals surface area (Å²) >= 11 is 0. The standard InChI is InChI=1S/C34H46N4O5/c1-26-25-43-30-10-4-3-9-29(30)31(39)35-18-6-5-15-34(33(41)36-26)16-21-38(22-17-34)32(40)27-11-13-28(14-12-27)42-24-23-37-19-7-2-8-20-37/h3-4,9-14,26H,2,5-8,15-25H2,1H3,(H,35,39)(H,36,41)/t26-/m1/s1. The molecule has 43 heavy (non-hydrogen) atoms. The van der Waals surface area contributed by atoms with Crippen molar-refractivity contribution in [3.63, 3.8) is 0 Å². The maximum absolute atomic E-state index is 13.7. The number of rotatable bonds is 5. The summed E-state index contributed by atoms with van der Waals surface area (Å²) in [6.45, 7) is 7.63. The predicted molar refractivity (Wildman–Crippen MR) is 166 cm³/mol. The van der Waals surface area contributed by atoms with E-state index in [2.05, 4.69) is 15.5 Å². The van der Waals surface area contributed by atoms with Gasteiger partial charge in [0, 0.05) is 31.7 Å². The van der Waals surface area contributed by atoms with Crippen LogP contribution in [-0.4, -0.2) is 86.0 Å². The normalized spacial score (nSPS) is 22.0. The average molecular weight is 591 g/mol. The van der Waals surface area contributed by atoms with E-state index < -0.39 is 5.41 Å². The fraction of sp³-hybridized carbons (Fsp3) is 0.559. The van der Waals surface area contributed by atoms with Crippen LogP contribution in [0.3, 0.4) is 0 Å². The van der Waals surface area contributed by atoms with Crippen LogP contribution < -0.4 is 20.1 Å². The van der Waals surface area contributed by atoms with Crippen molar-refractivity contribution in [2.24, 2.45) is 5.41 Å². The lowest BCUT2D eigenvalue weighted by molar-refractivity contribution is -0.135. The van der Waals surface area contributed by atoms with Gasteiger partial charge in [-0.05, 0) is 94.9 Å². The van der Waals surface area contributed by atoms with E-state index >= 15 is 0 Å². The van der Waals surface area contributed by atoms with Crippen molar-refractivity contribution < 1.29 is 23.9 Å². The number of benzene rings is 2. The fourth-order valence-electron chi connectivity index (χ4n) is 6.38. The summed E-state index contributed by atoms with van der Waals surface area (Å²) < 4.78 is 11.9. The number of carbonyl (C=O) groups excluding carboxylic acids is 3. The number of piperidine rings is 2. The van der Waals surface area contributed by atoms with Crippen LogP contribution >= 0.6 is 0 Å². The number of hydrogen-bond donors (Lipinski definition) is 2. The summed E-state index contributed by atoms with van der Waals surface area (Å²) in [5.41, 5.74) is 0.585. The van der Waals surface area contributed by atoms with Crippen LogP contribution in [-0.2, 0) is 4.79 Å². The Morgan fingerprint density at radius 3 is 2.44 bits per heavy atom. The molecule has 0 aromatic heterocycles. The minimum Gasteiger partial charge on any atom is -0.492 e. The van der Waals surface area contributed by atoms with Crippen LogP contribution in [0.15, 0.2) is 48.5 Å². The summed E-state index contributed by atoms with van der Waals surface area (Å²) in [5.74, 6) is 1.15. The van der Waals surface area contributed by atoms with Gasteiger partial charge in [-0.2, -0.15) is 0 Å². The third-order valence-electron chi connectivity index (χ3n) is 9.08. The van der Waals surface area contributed by atoms with Crippen LogP contribution in [0.2, 0.25) is 0 Å². The zero-order valence-electron chi connectivity index (χ0n) is 25.4. The van der Waals surface area contributed by atoms with Crippen LogP contribution in [0.1, 0.15) is 79.0 Å². The Hall–Kier alpha value is -3.59. The predicted octanol–water partition coefficient (Wildman–Crippen LogP) is 4.27. The molecule has 232 valence electrons. The number of fused-ring (bicyclic) bond motifs is 1. The molecule has 3 amide bonds. The topological polar surface area (TPSA) is 100 Å². The van der Waals surface area contributed by atoms with Gasteiger partial charge in [-0.15, -0.1) is 0 Å². The Bertz CT molecular complexity index is 1240. The molecular formula is C34H46N4O5. The molecule has 2 saturated heterocycles. The summed E-state index contributed by atoms with van der Waals surface area (Å²) in [4.78, 5) is 44.1. The van der Waals surface area contributed by atoms with Gasteiger partial charge in [-0.3, -0.25) is 19.3 Å². The lowest BCUT2D eigenvalue weighted by Crippen LogP contribution is -2.52. The summed E-state index contributed by atoms with van der Waals surface area (Å²) in [7, 11) is 0. The second-order valence-electron chi connectivity index (χ2n) is 12.2. The van der Waals surface area contributed by atoms with Crippen LogP contribution in [0.25, 0.3) is 0 Å². The molecule has 0 aliphatic carbocycles. The quantitative estimate of drug-likeness (QED) is 0.540. The lowest BCUT2D eigenvalue weighted by atomic mass is 9.73. The number of nitrogens with zero attached hydrogens (tertiary/aromatic N) is 2. The molecule has 0 radical (unpaired) electrons. The molecule has 2 aromatic carbocycles. The molecule has 3 aliphatic rings. The van der Waals surface area contributed by atoms with E-state index in [1.165, 1.54) is 19.3 Å². The van der Waals surface area contributed by atoms with Crippen molar-refractivity contribution in [2.75, 3.05) is 52.5 Å². The van der Waals surface area contributed by atoms with E-state index in [0.29, 0.717) is 62.4 Å². The first-order valence-corrected chi connectivity index (χ1v) is 16.0. The third-order valence-corrected chi connectivity index (χ3v) is 9.08. The zero-order chi connectivity index (χ0) is 30.1. The highest BCUT2D eigenvalue weighted by Crippen LogP contribution is 2.38. The molecule has 9 heteroatoms. The monoisotopic (exact) mass is 590 g/mol. The van der Waals surface area contributed by atoms with Crippen molar-refractivity contribution in [1.29, 1.82) is 0 Å². The van der Waals surface area contributed by atoms with Crippen LogP contribution in [0.4, 0.5) is 0 Å². The Balaban J connectivity index is 1.15. The molecule has 3 heterocycles. The minimum absolute atomic E-state index is 0.0147. The number of ether oxygens (including phenoxy) is 2. The highest BCUT2D eigenvalue weighted by molar-refractivity contribution is 5.97. The van der Waals surface area contributed by atoms with Crippen molar-refractivity contribution in [3.8, 4) is 11.5 Å². The first-order valence-electron chi connectivity index (χ1n) is 16.0. The van der Waals surface area contributed by atoms with Gasteiger partial charge in [0.25, 0.3) is 11.8 Å². The molecular weight excluding hydrogens is 544 g/mol. The van der Waals surface area contributed by atoms with E-state index in [1.807, 2.05) is 48.2 Å². The summed E-state index contributed by atoms with van der Waals surface area (Å²) in [6, 6.07) is 14.4. The van der Waals surface area contributed by atoms with E-state index in [4.69, 9.17) is 9.47 Å². The van der Waals surface area contributed by atoms with Crippen molar-refractivity contribution in [2.45, 2.75) is 64.3 Å². The second-order valence-corrected chi connectivity index (χ2v) is 12.2. The maximum Gasteiger partial charge on any atom is 0.255 e. The zero-order valence-corrected chi connectivity index (χ0v) is 25.4. The molecule has 2 fully saturated rings. The van der Waals surface area contributed by atoms with Gasteiger partial charge in [0.1, 0.15) is 24.7 Å². The van der Waals surface area contributed by atoms with Gasteiger partial charge in [0.05, 0.1) is 17.0 Å². The SMILES string of the molecule is C[C@@H]1COc2ccccc2C(=O)NCCCCC2(CCN(C(=O)c3ccc(OCCN4CCCCC4)cc3)CC2)C(=O)N1. The lowest BCUT2D eigenvalue weighted by Gasteiger charge is -2.41. The van der Waals surface area contributed by atoms with Gasteiger partial charge in [0.2, 0.25) is 5.91 Å². The first kappa shape index (κ1) is 30.9. The number of hydrogen-bond acceptors (Lipinski definition) is 6. The number of para-hydroxylation sites is 1. The van der Waals surface area contributed by atoms with Crippen molar-refractivity contribution >= 4 is 17.7 Å². The first-order chi connectivity index (χ1) is 20.9. The Morgan fingerprint density at radius 2 is 1.67 bits per heavy atom. The van der Waals surface area contributed by atoms with E-state index in [-0.39, 0.29) is 30.4 Å². The largest absolute Gasteiger partial charge is 0.492 e. The Kier molecular flexibility index (Phi) is 10.6. The van der Waals surface area contributed by atoms with Gasteiger partial charge < -0.3 is 25.0 Å². The molecule has 0 bridgehead atoms. The molecule has 1 atom stereocenters. The molecule has 2 N–H and O–H groups in total. The fourth-order valence-corrected chi connectivity index (χ4v) is 6.38. The Labute approximate surface area is 255 Å². The van der Waals surface area contributed by atoms with E-state index in [1.54, 1.807) is 12.1 Å². The number of carbonyl (C=O) groups is 3. The van der Waals surface area contributed by atoms with Gasteiger partial charge in [0.15, 0.2) is 0 Å². The smallest absolute Gasteiger partial charge is 0.255 e. The third kappa shape index (κ3) is 8.07. The molecule has 0 unspecified atom stereocenters. The van der Waals surface area contributed by atoms with Crippen LogP contribution in [0, 0.1) is 5.41 Å². The van der Waals surface area contributed by atoms with E-state index in [9.17, 15) is 14.4 Å². The van der Waals surface area contributed by atoms with E-state index in [0.717, 1.165) is 38.2 Å². The number of nitrogens with one attached hydrogen (secondary N) is 2. The summed E-state index contributed by atoms with van der Waals surface area (Å²) in [5, 5.41) is 6.16.